The summed E-state index contributed by atoms with van der Waals surface area (Å²) in [5.41, 5.74) is 0. The van der Waals surface area contributed by atoms with Crippen LogP contribution < -0.4 is 5.32 Å². The van der Waals surface area contributed by atoms with E-state index in [4.69, 9.17) is 4.74 Å². The summed E-state index contributed by atoms with van der Waals surface area (Å²) in [5, 5.41) is 3.58. The van der Waals surface area contributed by atoms with Crippen LogP contribution in [0.15, 0.2) is 0 Å². The first kappa shape index (κ1) is 14.9. The van der Waals surface area contributed by atoms with Gasteiger partial charge >= 0.3 is 0 Å². The molecule has 3 heteroatoms. The summed E-state index contributed by atoms with van der Waals surface area (Å²) >= 11 is 0. The second-order valence-corrected chi connectivity index (χ2v) is 5.60. The van der Waals surface area contributed by atoms with E-state index in [-0.39, 0.29) is 0 Å². The van der Waals surface area contributed by atoms with Crippen LogP contribution in [0.4, 0.5) is 0 Å². The monoisotopic (exact) mass is 242 g/mol. The van der Waals surface area contributed by atoms with Crippen molar-refractivity contribution < 1.29 is 4.74 Å². The summed E-state index contributed by atoms with van der Waals surface area (Å²) in [6, 6.07) is 1.50. The first-order valence-corrected chi connectivity index (χ1v) is 7.13. The van der Waals surface area contributed by atoms with Crippen molar-refractivity contribution in [2.45, 2.75) is 52.1 Å². The minimum Gasteiger partial charge on any atom is -0.383 e. The molecule has 17 heavy (non-hydrogen) atoms. The highest BCUT2D eigenvalue weighted by Crippen LogP contribution is 2.24. The van der Waals surface area contributed by atoms with Crippen molar-refractivity contribution in [3.05, 3.63) is 0 Å². The van der Waals surface area contributed by atoms with Crippen LogP contribution in [0.25, 0.3) is 0 Å². The van der Waals surface area contributed by atoms with Gasteiger partial charge < -0.3 is 10.1 Å². The third kappa shape index (κ3) is 5.36. The number of nitrogens with one attached hydrogen (secondary N) is 1. The molecule has 1 aliphatic rings. The molecule has 1 rings (SSSR count). The molecule has 0 radical (unpaired) electrons. The molecule has 0 aromatic heterocycles. The van der Waals surface area contributed by atoms with Crippen molar-refractivity contribution in [1.82, 2.24) is 10.2 Å². The first-order valence-electron chi connectivity index (χ1n) is 7.13. The van der Waals surface area contributed by atoms with E-state index < -0.39 is 0 Å². The van der Waals surface area contributed by atoms with Crippen LogP contribution in [-0.2, 0) is 4.74 Å². The van der Waals surface area contributed by atoms with Crippen molar-refractivity contribution in [2.24, 2.45) is 5.92 Å². The van der Waals surface area contributed by atoms with E-state index in [0.29, 0.717) is 0 Å². The van der Waals surface area contributed by atoms with Crippen LogP contribution in [0.1, 0.15) is 40.0 Å². The summed E-state index contributed by atoms with van der Waals surface area (Å²) in [6.45, 7) is 11.0. The van der Waals surface area contributed by atoms with Crippen LogP contribution in [0.3, 0.4) is 0 Å². The summed E-state index contributed by atoms with van der Waals surface area (Å²) < 4.78 is 5.23. The molecule has 0 amide bonds. The van der Waals surface area contributed by atoms with Crippen LogP contribution in [0, 0.1) is 5.92 Å². The second kappa shape index (κ2) is 8.06. The number of nitrogens with zero attached hydrogens (tertiary/aromatic N) is 1. The maximum atomic E-state index is 5.23. The molecule has 0 heterocycles. The fraction of sp³-hybridized carbons (Fsp3) is 1.00. The highest BCUT2D eigenvalue weighted by atomic mass is 16.5. The molecule has 0 aromatic carbocycles. The first-order chi connectivity index (χ1) is 8.17. The van der Waals surface area contributed by atoms with Gasteiger partial charge in [0.25, 0.3) is 0 Å². The SMILES string of the molecule is CCNC1CCC(N(CCOC)CC(C)C)C1. The lowest BCUT2D eigenvalue weighted by atomic mass is 10.1. The molecule has 0 saturated heterocycles. The Balaban J connectivity index is 2.40. The van der Waals surface area contributed by atoms with Gasteiger partial charge in [-0.2, -0.15) is 0 Å². The zero-order valence-electron chi connectivity index (χ0n) is 12.0. The standard InChI is InChI=1S/C14H30N2O/c1-5-15-13-6-7-14(10-13)16(8-9-17-4)11-12(2)3/h12-15H,5-11H2,1-4H3. The van der Waals surface area contributed by atoms with Gasteiger partial charge in [-0.1, -0.05) is 20.8 Å². The maximum absolute atomic E-state index is 5.23. The van der Waals surface area contributed by atoms with Crippen molar-refractivity contribution in [3.8, 4) is 0 Å². The van der Waals surface area contributed by atoms with Crippen molar-refractivity contribution in [3.63, 3.8) is 0 Å². The molecule has 1 saturated carbocycles. The van der Waals surface area contributed by atoms with E-state index in [1.807, 2.05) is 0 Å². The van der Waals surface area contributed by atoms with Crippen LogP contribution >= 0.6 is 0 Å². The van der Waals surface area contributed by atoms with Crippen LogP contribution in [0.2, 0.25) is 0 Å². The normalized spacial score (nSPS) is 25.1. The third-order valence-corrected chi connectivity index (χ3v) is 3.60. The van der Waals surface area contributed by atoms with E-state index >= 15 is 0 Å². The van der Waals surface area contributed by atoms with Gasteiger partial charge in [-0.3, -0.25) is 4.90 Å². The van der Waals surface area contributed by atoms with Gasteiger partial charge in [0.1, 0.15) is 0 Å². The van der Waals surface area contributed by atoms with Gasteiger partial charge in [-0.15, -0.1) is 0 Å². The Hall–Kier alpha value is -0.120. The maximum Gasteiger partial charge on any atom is 0.0589 e. The van der Waals surface area contributed by atoms with Gasteiger partial charge in [-0.25, -0.2) is 0 Å². The summed E-state index contributed by atoms with van der Waals surface area (Å²) in [6.07, 6.45) is 3.98. The zero-order valence-corrected chi connectivity index (χ0v) is 12.0. The minimum absolute atomic E-state index is 0.738. The molecule has 0 aliphatic heterocycles. The van der Waals surface area contributed by atoms with E-state index in [9.17, 15) is 0 Å². The summed E-state index contributed by atoms with van der Waals surface area (Å²) in [7, 11) is 1.80. The smallest absolute Gasteiger partial charge is 0.0589 e. The van der Waals surface area contributed by atoms with Gasteiger partial charge in [0.15, 0.2) is 0 Å². The van der Waals surface area contributed by atoms with Crippen LogP contribution in [-0.4, -0.2) is 50.3 Å². The molecule has 3 nitrogen and oxygen atoms in total. The Labute approximate surface area is 107 Å². The van der Waals surface area contributed by atoms with E-state index in [1.54, 1.807) is 7.11 Å². The van der Waals surface area contributed by atoms with Gasteiger partial charge in [0, 0.05) is 32.3 Å². The molecule has 2 atom stereocenters. The van der Waals surface area contributed by atoms with E-state index in [0.717, 1.165) is 37.7 Å². The van der Waals surface area contributed by atoms with Crippen molar-refractivity contribution >= 4 is 0 Å². The lowest BCUT2D eigenvalue weighted by Gasteiger charge is -2.30. The van der Waals surface area contributed by atoms with Crippen LogP contribution in [0.5, 0.6) is 0 Å². The predicted molar refractivity (Wildman–Crippen MR) is 73.4 cm³/mol. The largest absolute Gasteiger partial charge is 0.383 e. The zero-order chi connectivity index (χ0) is 12.7. The molecule has 0 bridgehead atoms. The third-order valence-electron chi connectivity index (χ3n) is 3.60. The van der Waals surface area contributed by atoms with Gasteiger partial charge in [0.05, 0.1) is 6.61 Å². The fourth-order valence-corrected chi connectivity index (χ4v) is 2.86. The van der Waals surface area contributed by atoms with Crippen molar-refractivity contribution in [1.29, 1.82) is 0 Å². The second-order valence-electron chi connectivity index (χ2n) is 5.60. The quantitative estimate of drug-likeness (QED) is 0.705. The summed E-state index contributed by atoms with van der Waals surface area (Å²) in [5.74, 6) is 0.741. The molecule has 1 N–H and O–H groups in total. The number of hydrogen-bond donors (Lipinski definition) is 1. The van der Waals surface area contributed by atoms with Gasteiger partial charge in [-0.05, 0) is 31.7 Å². The van der Waals surface area contributed by atoms with E-state index in [1.165, 1.54) is 25.8 Å². The number of methoxy groups -OCH3 is 1. The van der Waals surface area contributed by atoms with Crippen molar-refractivity contribution in [2.75, 3.05) is 33.4 Å². The molecule has 0 spiro atoms. The molecular formula is C14H30N2O. The fourth-order valence-electron chi connectivity index (χ4n) is 2.86. The Kier molecular flexibility index (Phi) is 7.09. The number of ether oxygens (including phenoxy) is 1. The Morgan fingerprint density at radius 3 is 2.71 bits per heavy atom. The lowest BCUT2D eigenvalue weighted by molar-refractivity contribution is 0.110. The predicted octanol–water partition coefficient (Wildman–Crippen LogP) is 2.12. The lowest BCUT2D eigenvalue weighted by Crippen LogP contribution is -2.39. The summed E-state index contributed by atoms with van der Waals surface area (Å²) in [4.78, 5) is 2.63. The molecular weight excluding hydrogens is 212 g/mol. The highest BCUT2D eigenvalue weighted by Gasteiger charge is 2.28. The number of rotatable bonds is 8. The molecule has 2 unspecified atom stereocenters. The molecule has 102 valence electrons. The molecule has 0 aromatic rings. The average molecular weight is 242 g/mol. The minimum atomic E-state index is 0.738. The van der Waals surface area contributed by atoms with Gasteiger partial charge in [0.2, 0.25) is 0 Å². The highest BCUT2D eigenvalue weighted by molar-refractivity contribution is 4.86. The Morgan fingerprint density at radius 2 is 2.12 bits per heavy atom. The topological polar surface area (TPSA) is 24.5 Å². The molecule has 1 aliphatic carbocycles. The number of hydrogen-bond acceptors (Lipinski definition) is 3. The Bertz CT molecular complexity index is 197. The molecule has 1 fully saturated rings. The average Bonchev–Trinajstić information content (AvgIpc) is 2.73. The van der Waals surface area contributed by atoms with E-state index in [2.05, 4.69) is 31.0 Å². The Morgan fingerprint density at radius 1 is 1.35 bits per heavy atom.